The number of thiophene rings is 2. The van der Waals surface area contributed by atoms with Gasteiger partial charge in [0.1, 0.15) is 5.58 Å². The standard InChI is InChI=1S/C62H38N2OS2/c1-2-12-43(13-3-1)64-55-21-7-4-16-53(55)59-54-37-30-42(38-56(54)65-62(59)64)39-24-31-44(32-25-39)63(45-33-26-40(27-34-45)47-17-10-19-51-49-14-5-8-22-57(49)66-60(47)51)46-35-28-41(29-36-46)48-18-11-20-52-50-15-6-9-23-58(50)67-61(48)52/h1-38H. The monoisotopic (exact) mass is 890 g/mol. The molecule has 0 bridgehead atoms. The van der Waals surface area contributed by atoms with Gasteiger partial charge in [0, 0.05) is 73.9 Å². The fourth-order valence-corrected chi connectivity index (χ4v) is 12.8. The summed E-state index contributed by atoms with van der Waals surface area (Å²) < 4.78 is 14.3. The van der Waals surface area contributed by atoms with Crippen molar-refractivity contribution in [1.82, 2.24) is 4.57 Å². The fourth-order valence-electron chi connectivity index (χ4n) is 10.3. The summed E-state index contributed by atoms with van der Waals surface area (Å²) in [5.41, 5.74) is 14.4. The van der Waals surface area contributed by atoms with Crippen molar-refractivity contribution >= 4 is 113 Å². The largest absolute Gasteiger partial charge is 0.439 e. The Hall–Kier alpha value is -8.22. The molecule has 0 N–H and O–H groups in total. The molecular weight excluding hydrogens is 853 g/mol. The van der Waals surface area contributed by atoms with Crippen molar-refractivity contribution in [2.24, 2.45) is 0 Å². The van der Waals surface area contributed by atoms with Crippen LogP contribution in [-0.2, 0) is 0 Å². The first-order chi connectivity index (χ1) is 33.2. The molecule has 5 heteroatoms. The van der Waals surface area contributed by atoms with Crippen molar-refractivity contribution < 1.29 is 4.42 Å². The Morgan fingerprint density at radius 3 is 1.42 bits per heavy atom. The third-order valence-corrected chi connectivity index (χ3v) is 15.9. The number of benzene rings is 10. The normalized spacial score (nSPS) is 11.9. The maximum absolute atomic E-state index is 6.78. The predicted molar refractivity (Wildman–Crippen MR) is 287 cm³/mol. The molecule has 0 amide bonds. The second kappa shape index (κ2) is 15.2. The molecule has 0 saturated heterocycles. The minimum Gasteiger partial charge on any atom is -0.439 e. The van der Waals surface area contributed by atoms with Crippen LogP contribution in [-0.4, -0.2) is 4.57 Å². The van der Waals surface area contributed by atoms with Crippen molar-refractivity contribution in [3.8, 4) is 39.1 Å². The van der Waals surface area contributed by atoms with Crippen molar-refractivity contribution in [3.63, 3.8) is 0 Å². The summed E-state index contributed by atoms with van der Waals surface area (Å²) in [5.74, 6) is 0. The molecule has 4 heterocycles. The highest BCUT2D eigenvalue weighted by atomic mass is 32.1. The summed E-state index contributed by atoms with van der Waals surface area (Å²) in [7, 11) is 0. The molecule has 0 unspecified atom stereocenters. The zero-order chi connectivity index (χ0) is 44.0. The molecule has 3 nitrogen and oxygen atoms in total. The van der Waals surface area contributed by atoms with E-state index in [2.05, 4.69) is 240 Å². The zero-order valence-electron chi connectivity index (χ0n) is 36.1. The second-order valence-corrected chi connectivity index (χ2v) is 19.3. The maximum Gasteiger partial charge on any atom is 0.213 e. The average Bonchev–Trinajstić information content (AvgIpc) is 4.16. The summed E-state index contributed by atoms with van der Waals surface area (Å²) in [6.07, 6.45) is 0. The molecular formula is C62H38N2OS2. The van der Waals surface area contributed by atoms with Gasteiger partial charge in [0.15, 0.2) is 0 Å². The van der Waals surface area contributed by atoms with E-state index in [1.165, 1.54) is 68.0 Å². The lowest BCUT2D eigenvalue weighted by molar-refractivity contribution is 0.645. The van der Waals surface area contributed by atoms with Crippen LogP contribution in [0.4, 0.5) is 17.1 Å². The third-order valence-electron chi connectivity index (χ3n) is 13.4. The Labute approximate surface area is 394 Å². The van der Waals surface area contributed by atoms with Gasteiger partial charge in [-0.15, -0.1) is 22.7 Å². The van der Waals surface area contributed by atoms with Crippen molar-refractivity contribution in [2.45, 2.75) is 0 Å². The fraction of sp³-hybridized carbons (Fsp3) is 0. The molecule has 314 valence electrons. The molecule has 0 spiro atoms. The van der Waals surface area contributed by atoms with E-state index < -0.39 is 0 Å². The van der Waals surface area contributed by atoms with Crippen LogP contribution in [0.5, 0.6) is 0 Å². The Bertz CT molecular complexity index is 4040. The van der Waals surface area contributed by atoms with Crippen LogP contribution >= 0.6 is 22.7 Å². The van der Waals surface area contributed by atoms with Gasteiger partial charge in [-0.25, -0.2) is 0 Å². The first-order valence-electron chi connectivity index (χ1n) is 22.6. The van der Waals surface area contributed by atoms with E-state index in [9.17, 15) is 0 Å². The number of rotatable bonds is 7. The summed E-state index contributed by atoms with van der Waals surface area (Å²) in [6.45, 7) is 0. The topological polar surface area (TPSA) is 21.3 Å². The SMILES string of the molecule is c1ccc(-n2c3ccccc3c3c4ccc(-c5ccc(N(c6ccc(-c7cccc8c7sc7ccccc78)cc6)c6ccc(-c7cccc8c7sc7ccccc78)cc6)cc5)cc4oc32)cc1. The number of fused-ring (bicyclic) bond motifs is 11. The molecule has 0 aliphatic rings. The smallest absolute Gasteiger partial charge is 0.213 e. The van der Waals surface area contributed by atoms with Gasteiger partial charge < -0.3 is 9.32 Å². The van der Waals surface area contributed by atoms with E-state index in [-0.39, 0.29) is 0 Å². The van der Waals surface area contributed by atoms with Gasteiger partial charge in [-0.1, -0.05) is 152 Å². The lowest BCUT2D eigenvalue weighted by Gasteiger charge is -2.26. The van der Waals surface area contributed by atoms with Gasteiger partial charge in [-0.05, 0) is 112 Å². The van der Waals surface area contributed by atoms with E-state index in [0.717, 1.165) is 61.5 Å². The van der Waals surface area contributed by atoms with Crippen LogP contribution in [0, 0.1) is 0 Å². The van der Waals surface area contributed by atoms with Crippen LogP contribution in [0.3, 0.4) is 0 Å². The van der Waals surface area contributed by atoms with Crippen LogP contribution in [0.1, 0.15) is 0 Å². The van der Waals surface area contributed by atoms with E-state index >= 15 is 0 Å². The quantitative estimate of drug-likeness (QED) is 0.159. The molecule has 4 aromatic heterocycles. The van der Waals surface area contributed by atoms with Crippen molar-refractivity contribution in [2.75, 3.05) is 4.90 Å². The van der Waals surface area contributed by atoms with Crippen molar-refractivity contribution in [1.29, 1.82) is 0 Å². The summed E-state index contributed by atoms with van der Waals surface area (Å²) in [6, 6.07) is 83.7. The second-order valence-electron chi connectivity index (χ2n) is 17.2. The van der Waals surface area contributed by atoms with Gasteiger partial charge >= 0.3 is 0 Å². The number of aromatic nitrogens is 1. The first-order valence-corrected chi connectivity index (χ1v) is 24.3. The Morgan fingerprint density at radius 2 is 0.836 bits per heavy atom. The number of furan rings is 1. The van der Waals surface area contributed by atoms with Crippen molar-refractivity contribution in [3.05, 3.63) is 231 Å². The third kappa shape index (κ3) is 6.09. The summed E-state index contributed by atoms with van der Waals surface area (Å²) in [4.78, 5) is 2.37. The average molecular weight is 891 g/mol. The molecule has 0 saturated carbocycles. The van der Waals surface area contributed by atoms with E-state index in [1.54, 1.807) is 0 Å². The lowest BCUT2D eigenvalue weighted by atomic mass is 10.0. The van der Waals surface area contributed by atoms with E-state index in [1.807, 2.05) is 22.7 Å². The van der Waals surface area contributed by atoms with Gasteiger partial charge in [0.05, 0.1) is 10.9 Å². The molecule has 0 radical (unpaired) electrons. The lowest BCUT2D eigenvalue weighted by Crippen LogP contribution is -2.09. The Kier molecular flexibility index (Phi) is 8.63. The highest BCUT2D eigenvalue weighted by molar-refractivity contribution is 7.26. The van der Waals surface area contributed by atoms with Gasteiger partial charge in [0.2, 0.25) is 5.71 Å². The van der Waals surface area contributed by atoms with E-state index in [4.69, 9.17) is 4.42 Å². The minimum absolute atomic E-state index is 0.864. The van der Waals surface area contributed by atoms with E-state index in [0.29, 0.717) is 0 Å². The van der Waals surface area contributed by atoms with Gasteiger partial charge in [-0.3, -0.25) is 4.57 Å². The Morgan fingerprint density at radius 1 is 0.358 bits per heavy atom. The molecule has 10 aromatic carbocycles. The van der Waals surface area contributed by atoms with Crippen LogP contribution in [0.25, 0.3) is 112 Å². The predicted octanol–water partition coefficient (Wildman–Crippen LogP) is 18.7. The summed E-state index contributed by atoms with van der Waals surface area (Å²) >= 11 is 3.75. The van der Waals surface area contributed by atoms with Crippen LogP contribution in [0.2, 0.25) is 0 Å². The molecule has 0 aliphatic carbocycles. The first kappa shape index (κ1) is 38.1. The highest BCUT2D eigenvalue weighted by Gasteiger charge is 2.21. The molecule has 0 fully saturated rings. The number of anilines is 3. The maximum atomic E-state index is 6.78. The molecule has 0 aliphatic heterocycles. The number of nitrogens with zero attached hydrogens (tertiary/aromatic N) is 2. The number of hydrogen-bond donors (Lipinski definition) is 0. The molecule has 14 rings (SSSR count). The van der Waals surface area contributed by atoms with Crippen LogP contribution in [0.15, 0.2) is 235 Å². The van der Waals surface area contributed by atoms with Gasteiger partial charge in [-0.2, -0.15) is 0 Å². The number of hydrogen-bond acceptors (Lipinski definition) is 4. The van der Waals surface area contributed by atoms with Gasteiger partial charge in [0.25, 0.3) is 0 Å². The minimum atomic E-state index is 0.864. The highest BCUT2D eigenvalue weighted by Crippen LogP contribution is 2.45. The number of para-hydroxylation sites is 2. The van der Waals surface area contributed by atoms with Crippen LogP contribution < -0.4 is 4.90 Å². The Balaban J connectivity index is 0.855. The zero-order valence-corrected chi connectivity index (χ0v) is 37.7. The molecule has 14 aromatic rings. The molecule has 0 atom stereocenters. The summed E-state index contributed by atoms with van der Waals surface area (Å²) in [5, 5.41) is 8.70. The molecule has 67 heavy (non-hydrogen) atoms.